The third-order valence-corrected chi connectivity index (χ3v) is 5.50. The Morgan fingerprint density at radius 1 is 1.34 bits per heavy atom. The fraction of sp³-hybridized carbons (Fsp3) is 0.105. The molecule has 2 aromatic carbocycles. The number of hydrazone groups is 1. The van der Waals surface area contributed by atoms with Crippen molar-refractivity contribution in [2.24, 2.45) is 10.1 Å². The second-order valence-electron chi connectivity index (χ2n) is 6.14. The number of carbonyl (C=O) groups excluding carboxylic acids is 1. The summed E-state index contributed by atoms with van der Waals surface area (Å²) < 4.78 is 0. The van der Waals surface area contributed by atoms with Gasteiger partial charge in [0, 0.05) is 22.6 Å². The molecule has 2 aliphatic heterocycles. The van der Waals surface area contributed by atoms with Crippen LogP contribution in [-0.4, -0.2) is 26.8 Å². The van der Waals surface area contributed by atoms with Crippen molar-refractivity contribution in [3.63, 3.8) is 0 Å². The van der Waals surface area contributed by atoms with E-state index in [0.717, 1.165) is 0 Å². The van der Waals surface area contributed by atoms with E-state index in [9.17, 15) is 14.9 Å². The second-order valence-corrected chi connectivity index (χ2v) is 7.56. The van der Waals surface area contributed by atoms with Crippen LogP contribution in [0.3, 0.4) is 0 Å². The van der Waals surface area contributed by atoms with Crippen molar-refractivity contribution >= 4 is 45.8 Å². The summed E-state index contributed by atoms with van der Waals surface area (Å²) in [6.45, 7) is 3.67. The zero-order chi connectivity index (χ0) is 20.5. The first-order chi connectivity index (χ1) is 14.0. The maximum Gasteiger partial charge on any atom is 0.288 e. The second kappa shape index (κ2) is 7.69. The summed E-state index contributed by atoms with van der Waals surface area (Å²) in [5.41, 5.74) is 0.604. The van der Waals surface area contributed by atoms with Crippen LogP contribution < -0.4 is 15.9 Å². The SMILES string of the molecule is C=CCSC1=NN2C(=c3ccccc3=NC2c2ccc(Cl)c([N+](=O)[O-])c2)C(=O)N1. The Kier molecular flexibility index (Phi) is 5.08. The zero-order valence-electron chi connectivity index (χ0n) is 14.9. The van der Waals surface area contributed by atoms with E-state index in [-0.39, 0.29) is 16.6 Å². The molecular weight excluding hydrogens is 414 g/mol. The van der Waals surface area contributed by atoms with Gasteiger partial charge in [0.15, 0.2) is 11.3 Å². The molecule has 2 heterocycles. The van der Waals surface area contributed by atoms with Crippen LogP contribution >= 0.6 is 23.4 Å². The number of para-hydroxylation sites is 1. The Morgan fingerprint density at radius 3 is 2.90 bits per heavy atom. The van der Waals surface area contributed by atoms with Gasteiger partial charge in [-0.3, -0.25) is 25.2 Å². The highest BCUT2D eigenvalue weighted by Gasteiger charge is 2.35. The minimum atomic E-state index is -0.749. The number of thioether (sulfide) groups is 1. The number of benzene rings is 2. The normalized spacial score (nSPS) is 17.5. The number of nitro benzene ring substituents is 1. The topological polar surface area (TPSA) is 100 Å². The third kappa shape index (κ3) is 3.50. The van der Waals surface area contributed by atoms with Crippen molar-refractivity contribution in [2.75, 3.05) is 5.75 Å². The molecule has 0 spiro atoms. The molecule has 0 aliphatic carbocycles. The number of halogens is 1. The number of hydrogen-bond donors (Lipinski definition) is 1. The number of amides is 1. The van der Waals surface area contributed by atoms with Gasteiger partial charge in [-0.15, -0.1) is 11.7 Å². The van der Waals surface area contributed by atoms with Crippen LogP contribution in [0.4, 0.5) is 5.69 Å². The molecule has 0 fully saturated rings. The van der Waals surface area contributed by atoms with E-state index in [2.05, 4.69) is 17.0 Å². The van der Waals surface area contributed by atoms with Gasteiger partial charge in [-0.25, -0.2) is 5.01 Å². The van der Waals surface area contributed by atoms with E-state index < -0.39 is 11.1 Å². The molecule has 1 amide bonds. The number of amidine groups is 1. The molecule has 0 saturated carbocycles. The van der Waals surface area contributed by atoms with Crippen LogP contribution in [0.1, 0.15) is 11.7 Å². The van der Waals surface area contributed by atoms with Gasteiger partial charge >= 0.3 is 0 Å². The molecule has 146 valence electrons. The minimum Gasteiger partial charge on any atom is -0.298 e. The van der Waals surface area contributed by atoms with Gasteiger partial charge in [0.2, 0.25) is 0 Å². The molecule has 29 heavy (non-hydrogen) atoms. The molecular formula is C19H14ClN5O3S. The molecule has 2 aromatic rings. The minimum absolute atomic E-state index is 0.0290. The number of nitrogens with zero attached hydrogens (tertiary/aromatic N) is 4. The van der Waals surface area contributed by atoms with Gasteiger partial charge in [0.1, 0.15) is 10.7 Å². The van der Waals surface area contributed by atoms with E-state index in [1.165, 1.54) is 28.9 Å². The molecule has 1 N–H and O–H groups in total. The Hall–Kier alpha value is -3.17. The van der Waals surface area contributed by atoms with Gasteiger partial charge in [-0.2, -0.15) is 0 Å². The predicted octanol–water partition coefficient (Wildman–Crippen LogP) is 2.31. The van der Waals surface area contributed by atoms with Gasteiger partial charge in [-0.05, 0) is 12.1 Å². The van der Waals surface area contributed by atoms with E-state index in [1.54, 1.807) is 24.3 Å². The fourth-order valence-corrected chi connectivity index (χ4v) is 3.85. The number of carbonyl (C=O) groups is 1. The van der Waals surface area contributed by atoms with Crippen molar-refractivity contribution in [3.05, 3.63) is 86.4 Å². The summed E-state index contributed by atoms with van der Waals surface area (Å²) in [6, 6.07) is 11.7. The summed E-state index contributed by atoms with van der Waals surface area (Å²) in [5, 5.41) is 21.8. The number of hydrogen-bond acceptors (Lipinski definition) is 7. The highest BCUT2D eigenvalue weighted by atomic mass is 35.5. The Labute approximate surface area is 174 Å². The van der Waals surface area contributed by atoms with Crippen LogP contribution in [-0.2, 0) is 4.79 Å². The standard InChI is InChI=1S/C19H14ClN5O3S/c1-2-9-29-19-22-18(26)16-12-5-3-4-6-14(12)21-17(24(16)23-19)11-7-8-13(20)15(10-11)25(27)28/h2-8,10,17H,1,9H2,(H,22,23,26). The van der Waals surface area contributed by atoms with Crippen LogP contribution in [0, 0.1) is 10.1 Å². The highest BCUT2D eigenvalue weighted by Crippen LogP contribution is 2.34. The number of rotatable bonds is 4. The lowest BCUT2D eigenvalue weighted by atomic mass is 10.1. The molecule has 0 saturated heterocycles. The van der Waals surface area contributed by atoms with E-state index >= 15 is 0 Å². The number of fused-ring (bicyclic) bond motifs is 2. The Morgan fingerprint density at radius 2 is 2.14 bits per heavy atom. The summed E-state index contributed by atoms with van der Waals surface area (Å²) >= 11 is 7.28. The maximum absolute atomic E-state index is 12.9. The number of nitro groups is 1. The van der Waals surface area contributed by atoms with Gasteiger partial charge in [0.25, 0.3) is 11.6 Å². The predicted molar refractivity (Wildman–Crippen MR) is 112 cm³/mol. The van der Waals surface area contributed by atoms with Crippen molar-refractivity contribution in [2.45, 2.75) is 6.17 Å². The average molecular weight is 428 g/mol. The lowest BCUT2D eigenvalue weighted by Crippen LogP contribution is -2.50. The third-order valence-electron chi connectivity index (χ3n) is 4.32. The van der Waals surface area contributed by atoms with Crippen LogP contribution in [0.2, 0.25) is 5.02 Å². The molecule has 0 bridgehead atoms. The van der Waals surface area contributed by atoms with E-state index in [1.807, 2.05) is 12.1 Å². The smallest absolute Gasteiger partial charge is 0.288 e. The molecule has 0 radical (unpaired) electrons. The maximum atomic E-state index is 12.9. The van der Waals surface area contributed by atoms with Crippen LogP contribution in [0.15, 0.2) is 65.2 Å². The first kappa shape index (κ1) is 19.2. The fourth-order valence-electron chi connectivity index (χ4n) is 3.08. The molecule has 8 nitrogen and oxygen atoms in total. The van der Waals surface area contributed by atoms with Crippen molar-refractivity contribution in [3.8, 4) is 0 Å². The van der Waals surface area contributed by atoms with Gasteiger partial charge in [0.05, 0.1) is 10.3 Å². The molecule has 1 unspecified atom stereocenters. The van der Waals surface area contributed by atoms with E-state index in [0.29, 0.717) is 32.8 Å². The lowest BCUT2D eigenvalue weighted by molar-refractivity contribution is -0.384. The summed E-state index contributed by atoms with van der Waals surface area (Å²) in [5.74, 6) is 0.245. The van der Waals surface area contributed by atoms with Crippen molar-refractivity contribution < 1.29 is 9.72 Å². The lowest BCUT2D eigenvalue weighted by Gasteiger charge is -2.34. The summed E-state index contributed by atoms with van der Waals surface area (Å²) in [6.07, 6.45) is 0.954. The molecule has 0 aromatic heterocycles. The largest absolute Gasteiger partial charge is 0.298 e. The quantitative estimate of drug-likeness (QED) is 0.458. The monoisotopic (exact) mass is 427 g/mol. The van der Waals surface area contributed by atoms with E-state index in [4.69, 9.17) is 16.6 Å². The average Bonchev–Trinajstić information content (AvgIpc) is 2.71. The van der Waals surface area contributed by atoms with Gasteiger partial charge < -0.3 is 0 Å². The number of nitrogens with one attached hydrogen (secondary N) is 1. The highest BCUT2D eigenvalue weighted by molar-refractivity contribution is 8.14. The first-order valence-corrected chi connectivity index (χ1v) is 9.90. The molecule has 1 atom stereocenters. The Bertz CT molecular complexity index is 1200. The van der Waals surface area contributed by atoms with Crippen LogP contribution in [0.25, 0.3) is 5.70 Å². The molecule has 4 rings (SSSR count). The summed E-state index contributed by atoms with van der Waals surface area (Å²) in [7, 11) is 0. The molecule has 2 aliphatic rings. The van der Waals surface area contributed by atoms with Crippen molar-refractivity contribution in [1.82, 2.24) is 10.3 Å². The Balaban J connectivity index is 1.92. The summed E-state index contributed by atoms with van der Waals surface area (Å²) in [4.78, 5) is 28.4. The molecule has 10 heteroatoms. The zero-order valence-corrected chi connectivity index (χ0v) is 16.5. The van der Waals surface area contributed by atoms with Gasteiger partial charge in [-0.1, -0.05) is 53.7 Å². The van der Waals surface area contributed by atoms with Crippen LogP contribution in [0.5, 0.6) is 0 Å². The van der Waals surface area contributed by atoms with Crippen molar-refractivity contribution in [1.29, 1.82) is 0 Å². The first-order valence-electron chi connectivity index (χ1n) is 8.53.